The molecule has 0 aromatic heterocycles. The fourth-order valence-corrected chi connectivity index (χ4v) is 1.90. The molecule has 0 amide bonds. The highest BCUT2D eigenvalue weighted by molar-refractivity contribution is 5.97. The second kappa shape index (κ2) is 5.91. The SMILES string of the molecule is O=C(O)c1c(O)cccc1NCCc1ccccc1. The molecule has 98 valence electrons. The van der Waals surface area contributed by atoms with E-state index in [4.69, 9.17) is 5.11 Å². The van der Waals surface area contributed by atoms with Crippen LogP contribution in [-0.2, 0) is 6.42 Å². The number of carboxylic acid groups (broad SMARTS) is 1. The van der Waals surface area contributed by atoms with E-state index in [1.165, 1.54) is 11.6 Å². The zero-order valence-corrected chi connectivity index (χ0v) is 10.3. The highest BCUT2D eigenvalue weighted by Crippen LogP contribution is 2.25. The van der Waals surface area contributed by atoms with Crippen LogP contribution in [0, 0.1) is 0 Å². The van der Waals surface area contributed by atoms with Crippen LogP contribution in [0.5, 0.6) is 5.75 Å². The summed E-state index contributed by atoms with van der Waals surface area (Å²) in [5.74, 6) is -1.36. The summed E-state index contributed by atoms with van der Waals surface area (Å²) in [6.07, 6.45) is 0.787. The van der Waals surface area contributed by atoms with Gasteiger partial charge in [-0.1, -0.05) is 36.4 Å². The smallest absolute Gasteiger partial charge is 0.341 e. The number of phenols is 1. The van der Waals surface area contributed by atoms with Gasteiger partial charge in [0.05, 0.1) is 5.69 Å². The van der Waals surface area contributed by atoms with E-state index in [0.29, 0.717) is 12.2 Å². The minimum absolute atomic E-state index is 0.0874. The monoisotopic (exact) mass is 257 g/mol. The van der Waals surface area contributed by atoms with E-state index in [9.17, 15) is 9.90 Å². The highest BCUT2D eigenvalue weighted by atomic mass is 16.4. The lowest BCUT2D eigenvalue weighted by Gasteiger charge is -2.10. The number of aromatic carboxylic acids is 1. The van der Waals surface area contributed by atoms with Crippen molar-refractivity contribution >= 4 is 11.7 Å². The van der Waals surface area contributed by atoms with Crippen LogP contribution in [0.25, 0.3) is 0 Å². The first kappa shape index (κ1) is 13.0. The Bertz CT molecular complexity index is 567. The number of hydrogen-bond donors (Lipinski definition) is 3. The molecule has 0 radical (unpaired) electrons. The molecule has 2 aromatic rings. The van der Waals surface area contributed by atoms with E-state index in [-0.39, 0.29) is 11.3 Å². The number of carboxylic acids is 1. The first-order valence-electron chi connectivity index (χ1n) is 6.01. The molecule has 0 fully saturated rings. The van der Waals surface area contributed by atoms with Gasteiger partial charge < -0.3 is 15.5 Å². The van der Waals surface area contributed by atoms with Gasteiger partial charge in [0.2, 0.25) is 0 Å². The number of nitrogens with one attached hydrogen (secondary N) is 1. The average molecular weight is 257 g/mol. The van der Waals surface area contributed by atoms with Crippen LogP contribution in [0.15, 0.2) is 48.5 Å². The highest BCUT2D eigenvalue weighted by Gasteiger charge is 2.14. The average Bonchev–Trinajstić information content (AvgIpc) is 2.39. The van der Waals surface area contributed by atoms with Crippen LogP contribution < -0.4 is 5.32 Å². The van der Waals surface area contributed by atoms with E-state index in [2.05, 4.69) is 5.32 Å². The van der Waals surface area contributed by atoms with Gasteiger partial charge in [0, 0.05) is 6.54 Å². The minimum Gasteiger partial charge on any atom is -0.507 e. The first-order valence-corrected chi connectivity index (χ1v) is 6.01. The Hall–Kier alpha value is -2.49. The third kappa shape index (κ3) is 3.25. The van der Waals surface area contributed by atoms with Gasteiger partial charge in [-0.2, -0.15) is 0 Å². The van der Waals surface area contributed by atoms with Crippen molar-refractivity contribution < 1.29 is 15.0 Å². The van der Waals surface area contributed by atoms with Crippen LogP contribution in [-0.4, -0.2) is 22.7 Å². The maximum absolute atomic E-state index is 11.1. The summed E-state index contributed by atoms with van der Waals surface area (Å²) < 4.78 is 0. The van der Waals surface area contributed by atoms with Crippen molar-refractivity contribution in [2.24, 2.45) is 0 Å². The Balaban J connectivity index is 2.04. The maximum atomic E-state index is 11.1. The van der Waals surface area contributed by atoms with Gasteiger partial charge in [0.1, 0.15) is 11.3 Å². The van der Waals surface area contributed by atoms with Gasteiger partial charge in [-0.3, -0.25) is 0 Å². The number of hydrogen-bond acceptors (Lipinski definition) is 3. The standard InChI is InChI=1S/C15H15NO3/c17-13-8-4-7-12(14(13)15(18)19)16-10-9-11-5-2-1-3-6-11/h1-8,16-17H,9-10H2,(H,18,19). The molecular formula is C15H15NO3. The van der Waals surface area contributed by atoms with Crippen LogP contribution in [0.3, 0.4) is 0 Å². The molecule has 0 aliphatic rings. The van der Waals surface area contributed by atoms with Crippen molar-refractivity contribution in [2.75, 3.05) is 11.9 Å². The molecule has 0 atom stereocenters. The zero-order valence-electron chi connectivity index (χ0n) is 10.3. The van der Waals surface area contributed by atoms with Crippen molar-refractivity contribution in [2.45, 2.75) is 6.42 Å². The molecule has 0 aliphatic carbocycles. The molecule has 4 nitrogen and oxygen atoms in total. The number of aromatic hydroxyl groups is 1. The molecule has 2 aromatic carbocycles. The molecule has 19 heavy (non-hydrogen) atoms. The predicted octanol–water partition coefficient (Wildman–Crippen LogP) is 2.75. The summed E-state index contributed by atoms with van der Waals surface area (Å²) in [7, 11) is 0. The minimum atomic E-state index is -1.14. The topological polar surface area (TPSA) is 69.6 Å². The fraction of sp³-hybridized carbons (Fsp3) is 0.133. The van der Waals surface area contributed by atoms with Crippen molar-refractivity contribution in [3.8, 4) is 5.75 Å². The molecule has 0 saturated heterocycles. The van der Waals surface area contributed by atoms with Gasteiger partial charge in [-0.25, -0.2) is 4.79 Å². The molecule has 4 heteroatoms. The lowest BCUT2D eigenvalue weighted by molar-refractivity contribution is 0.0695. The summed E-state index contributed by atoms with van der Waals surface area (Å²) in [6.45, 7) is 0.605. The van der Waals surface area contributed by atoms with Gasteiger partial charge in [-0.05, 0) is 24.1 Å². The Kier molecular flexibility index (Phi) is 4.03. The summed E-state index contributed by atoms with van der Waals surface area (Å²) in [5.41, 5.74) is 1.52. The summed E-state index contributed by atoms with van der Waals surface area (Å²) in [5, 5.41) is 21.7. The summed E-state index contributed by atoms with van der Waals surface area (Å²) >= 11 is 0. The van der Waals surface area contributed by atoms with E-state index >= 15 is 0 Å². The van der Waals surface area contributed by atoms with Gasteiger partial charge in [0.25, 0.3) is 0 Å². The van der Waals surface area contributed by atoms with Crippen molar-refractivity contribution in [1.82, 2.24) is 0 Å². The molecule has 0 aliphatic heterocycles. The van der Waals surface area contributed by atoms with Crippen LogP contribution >= 0.6 is 0 Å². The zero-order chi connectivity index (χ0) is 13.7. The number of anilines is 1. The third-order valence-electron chi connectivity index (χ3n) is 2.83. The Labute approximate surface area is 111 Å². The van der Waals surface area contributed by atoms with E-state index in [1.54, 1.807) is 12.1 Å². The molecule has 2 rings (SSSR count). The van der Waals surface area contributed by atoms with Crippen molar-refractivity contribution in [1.29, 1.82) is 0 Å². The lowest BCUT2D eigenvalue weighted by atomic mass is 10.1. The first-order chi connectivity index (χ1) is 9.18. The number of benzene rings is 2. The van der Waals surface area contributed by atoms with E-state index in [1.807, 2.05) is 30.3 Å². The summed E-state index contributed by atoms with van der Waals surface area (Å²) in [6, 6.07) is 14.5. The van der Waals surface area contributed by atoms with Crippen LogP contribution in [0.2, 0.25) is 0 Å². The predicted molar refractivity (Wildman–Crippen MR) is 73.7 cm³/mol. The van der Waals surface area contributed by atoms with Gasteiger partial charge in [0.15, 0.2) is 0 Å². The number of carbonyl (C=O) groups is 1. The summed E-state index contributed by atoms with van der Waals surface area (Å²) in [4.78, 5) is 11.1. The largest absolute Gasteiger partial charge is 0.507 e. The second-order valence-electron chi connectivity index (χ2n) is 4.17. The van der Waals surface area contributed by atoms with Crippen LogP contribution in [0.4, 0.5) is 5.69 Å². The number of rotatable bonds is 5. The Morgan fingerprint density at radius 1 is 1.05 bits per heavy atom. The van der Waals surface area contributed by atoms with Gasteiger partial charge in [-0.15, -0.1) is 0 Å². The Morgan fingerprint density at radius 3 is 2.47 bits per heavy atom. The molecule has 0 spiro atoms. The molecule has 0 heterocycles. The fourth-order valence-electron chi connectivity index (χ4n) is 1.90. The van der Waals surface area contributed by atoms with Crippen LogP contribution in [0.1, 0.15) is 15.9 Å². The van der Waals surface area contributed by atoms with Gasteiger partial charge >= 0.3 is 5.97 Å². The molecule has 3 N–H and O–H groups in total. The quantitative estimate of drug-likeness (QED) is 0.770. The molecule has 0 saturated carbocycles. The van der Waals surface area contributed by atoms with E-state index < -0.39 is 5.97 Å². The third-order valence-corrected chi connectivity index (χ3v) is 2.83. The normalized spacial score (nSPS) is 10.1. The maximum Gasteiger partial charge on any atom is 0.341 e. The van der Waals surface area contributed by atoms with Crippen molar-refractivity contribution in [3.05, 3.63) is 59.7 Å². The lowest BCUT2D eigenvalue weighted by Crippen LogP contribution is -2.09. The molecule has 0 bridgehead atoms. The van der Waals surface area contributed by atoms with Crippen molar-refractivity contribution in [3.63, 3.8) is 0 Å². The van der Waals surface area contributed by atoms with E-state index in [0.717, 1.165) is 6.42 Å². The molecule has 0 unspecified atom stereocenters. The molecular weight excluding hydrogens is 242 g/mol. The second-order valence-corrected chi connectivity index (χ2v) is 4.17. The Morgan fingerprint density at radius 2 is 1.79 bits per heavy atom.